The molecule has 1 nitrogen and oxygen atoms in total. The molecule has 0 saturated heterocycles. The molecule has 1 aliphatic rings. The molecule has 1 N–H and O–H groups in total. The van der Waals surface area contributed by atoms with Gasteiger partial charge in [-0.05, 0) is 35.4 Å². The predicted octanol–water partition coefficient (Wildman–Crippen LogP) is 3.04. The van der Waals surface area contributed by atoms with Gasteiger partial charge in [-0.25, -0.2) is 8.78 Å². The van der Waals surface area contributed by atoms with E-state index in [1.807, 2.05) is 13.8 Å². The van der Waals surface area contributed by atoms with Crippen LogP contribution in [-0.2, 0) is 0 Å². The lowest BCUT2D eigenvalue weighted by atomic mass is 9.99. The average molecular weight is 212 g/mol. The predicted molar refractivity (Wildman–Crippen MR) is 53.2 cm³/mol. The zero-order chi connectivity index (χ0) is 11.2. The second kappa shape index (κ2) is 3.27. The lowest BCUT2D eigenvalue weighted by Gasteiger charge is -2.12. The van der Waals surface area contributed by atoms with Crippen LogP contribution in [0.25, 0.3) is 0 Å². The van der Waals surface area contributed by atoms with E-state index in [0.717, 1.165) is 12.5 Å². The van der Waals surface area contributed by atoms with Gasteiger partial charge < -0.3 is 5.11 Å². The van der Waals surface area contributed by atoms with Crippen LogP contribution in [0.15, 0.2) is 18.2 Å². The molecule has 1 aromatic carbocycles. The summed E-state index contributed by atoms with van der Waals surface area (Å²) in [5, 5.41) is 9.91. The molecule has 1 saturated carbocycles. The van der Waals surface area contributed by atoms with E-state index in [-0.39, 0.29) is 11.3 Å². The molecule has 2 atom stereocenters. The van der Waals surface area contributed by atoms with E-state index in [0.29, 0.717) is 5.56 Å². The zero-order valence-corrected chi connectivity index (χ0v) is 8.80. The molecule has 0 spiro atoms. The number of hydrogen-bond acceptors (Lipinski definition) is 1. The van der Waals surface area contributed by atoms with Crippen molar-refractivity contribution >= 4 is 0 Å². The van der Waals surface area contributed by atoms with Gasteiger partial charge in [0.05, 0.1) is 6.10 Å². The van der Waals surface area contributed by atoms with E-state index in [9.17, 15) is 13.9 Å². The molecule has 3 heteroatoms. The lowest BCUT2D eigenvalue weighted by Crippen LogP contribution is -2.05. The highest BCUT2D eigenvalue weighted by molar-refractivity contribution is 5.23. The third kappa shape index (κ3) is 2.02. The number of aliphatic hydroxyl groups excluding tert-OH is 1. The highest BCUT2D eigenvalue weighted by atomic mass is 19.1. The molecule has 82 valence electrons. The summed E-state index contributed by atoms with van der Waals surface area (Å²) in [6.07, 6.45) is 0.136. The van der Waals surface area contributed by atoms with E-state index < -0.39 is 17.7 Å². The molecule has 2 unspecified atom stereocenters. The Morgan fingerprint density at radius 2 is 1.73 bits per heavy atom. The first-order valence-electron chi connectivity index (χ1n) is 5.04. The van der Waals surface area contributed by atoms with Gasteiger partial charge in [0.15, 0.2) is 0 Å². The Kier molecular flexibility index (Phi) is 2.30. The van der Waals surface area contributed by atoms with Gasteiger partial charge >= 0.3 is 0 Å². The number of rotatable bonds is 2. The summed E-state index contributed by atoms with van der Waals surface area (Å²) in [6.45, 7) is 4.08. The molecular weight excluding hydrogens is 198 g/mol. The fourth-order valence-corrected chi connectivity index (χ4v) is 2.03. The van der Waals surface area contributed by atoms with Crippen molar-refractivity contribution in [2.75, 3.05) is 0 Å². The number of aliphatic hydroxyl groups is 1. The van der Waals surface area contributed by atoms with Crippen LogP contribution in [0.4, 0.5) is 8.78 Å². The van der Waals surface area contributed by atoms with Gasteiger partial charge in [-0.2, -0.15) is 0 Å². The Bertz CT molecular complexity index is 367. The Morgan fingerprint density at radius 1 is 1.27 bits per heavy atom. The molecule has 1 aliphatic carbocycles. The largest absolute Gasteiger partial charge is 0.388 e. The lowest BCUT2D eigenvalue weighted by molar-refractivity contribution is 0.137. The molecule has 0 radical (unpaired) electrons. The van der Waals surface area contributed by atoms with Gasteiger partial charge in [0.25, 0.3) is 0 Å². The summed E-state index contributed by atoms with van der Waals surface area (Å²) in [7, 11) is 0. The minimum atomic E-state index is -0.759. The van der Waals surface area contributed by atoms with Crippen molar-refractivity contribution in [2.45, 2.75) is 26.4 Å². The molecule has 1 aromatic rings. The maximum atomic E-state index is 12.9. The Hall–Kier alpha value is -0.960. The summed E-state index contributed by atoms with van der Waals surface area (Å²) in [6, 6.07) is 3.21. The van der Waals surface area contributed by atoms with Crippen LogP contribution in [0.3, 0.4) is 0 Å². The van der Waals surface area contributed by atoms with Crippen molar-refractivity contribution < 1.29 is 13.9 Å². The molecule has 0 heterocycles. The molecule has 0 aromatic heterocycles. The highest BCUT2D eigenvalue weighted by Crippen LogP contribution is 2.57. The highest BCUT2D eigenvalue weighted by Gasteiger charge is 2.50. The number of halogens is 2. The quantitative estimate of drug-likeness (QED) is 0.798. The maximum Gasteiger partial charge on any atom is 0.126 e. The summed E-state index contributed by atoms with van der Waals surface area (Å²) in [5.41, 5.74) is 0.422. The van der Waals surface area contributed by atoms with Crippen LogP contribution in [0, 0.1) is 23.0 Å². The molecule has 15 heavy (non-hydrogen) atoms. The second-order valence-corrected chi connectivity index (χ2v) is 4.95. The first-order chi connectivity index (χ1) is 6.90. The van der Waals surface area contributed by atoms with Crippen LogP contribution in [0.5, 0.6) is 0 Å². The molecule has 1 fully saturated rings. The first kappa shape index (κ1) is 10.6. The first-order valence-corrected chi connectivity index (χ1v) is 5.04. The van der Waals surface area contributed by atoms with Gasteiger partial charge in [-0.3, -0.25) is 0 Å². The smallest absolute Gasteiger partial charge is 0.126 e. The van der Waals surface area contributed by atoms with E-state index >= 15 is 0 Å². The van der Waals surface area contributed by atoms with Crippen LogP contribution >= 0.6 is 0 Å². The van der Waals surface area contributed by atoms with Gasteiger partial charge in [-0.15, -0.1) is 0 Å². The Labute approximate surface area is 87.7 Å². The summed E-state index contributed by atoms with van der Waals surface area (Å²) in [4.78, 5) is 0. The van der Waals surface area contributed by atoms with Crippen molar-refractivity contribution in [3.8, 4) is 0 Å². The fraction of sp³-hybridized carbons (Fsp3) is 0.500. The maximum absolute atomic E-state index is 12.9. The van der Waals surface area contributed by atoms with Crippen molar-refractivity contribution in [1.29, 1.82) is 0 Å². The zero-order valence-electron chi connectivity index (χ0n) is 8.80. The van der Waals surface area contributed by atoms with E-state index in [2.05, 4.69) is 0 Å². The molecule has 0 bridgehead atoms. The van der Waals surface area contributed by atoms with Crippen molar-refractivity contribution in [3.63, 3.8) is 0 Å². The van der Waals surface area contributed by atoms with E-state index in [4.69, 9.17) is 0 Å². The van der Waals surface area contributed by atoms with E-state index in [1.165, 1.54) is 12.1 Å². The number of hydrogen-bond donors (Lipinski definition) is 1. The SMILES string of the molecule is CC1(C)CC1C(O)c1cc(F)cc(F)c1. The summed E-state index contributed by atoms with van der Waals surface area (Å²) in [5.74, 6) is -1.16. The molecular formula is C12H14F2O. The average Bonchev–Trinajstić information content (AvgIpc) is 2.72. The van der Waals surface area contributed by atoms with Crippen LogP contribution < -0.4 is 0 Å². The van der Waals surface area contributed by atoms with Crippen molar-refractivity contribution in [3.05, 3.63) is 35.4 Å². The van der Waals surface area contributed by atoms with Crippen LogP contribution in [0.1, 0.15) is 31.9 Å². The van der Waals surface area contributed by atoms with Crippen LogP contribution in [-0.4, -0.2) is 5.11 Å². The van der Waals surface area contributed by atoms with Crippen molar-refractivity contribution in [1.82, 2.24) is 0 Å². The molecule has 0 amide bonds. The topological polar surface area (TPSA) is 20.2 Å². The minimum Gasteiger partial charge on any atom is -0.388 e. The monoisotopic (exact) mass is 212 g/mol. The van der Waals surface area contributed by atoms with Gasteiger partial charge in [0.1, 0.15) is 11.6 Å². The normalized spacial score (nSPS) is 25.0. The number of benzene rings is 1. The van der Waals surface area contributed by atoms with Crippen molar-refractivity contribution in [2.24, 2.45) is 11.3 Å². The summed E-state index contributed by atoms with van der Waals surface area (Å²) >= 11 is 0. The Morgan fingerprint density at radius 3 is 2.13 bits per heavy atom. The van der Waals surface area contributed by atoms with E-state index in [1.54, 1.807) is 0 Å². The standard InChI is InChI=1S/C12H14F2O/c1-12(2)6-10(12)11(15)7-3-8(13)5-9(14)4-7/h3-5,10-11,15H,6H2,1-2H3. The fourth-order valence-electron chi connectivity index (χ4n) is 2.03. The third-order valence-corrected chi connectivity index (χ3v) is 3.20. The molecule has 2 rings (SSSR count). The second-order valence-electron chi connectivity index (χ2n) is 4.95. The minimum absolute atomic E-state index is 0.0855. The third-order valence-electron chi connectivity index (χ3n) is 3.20. The van der Waals surface area contributed by atoms with Crippen LogP contribution in [0.2, 0.25) is 0 Å². The van der Waals surface area contributed by atoms with Gasteiger partial charge in [0, 0.05) is 6.07 Å². The summed E-state index contributed by atoms with van der Waals surface area (Å²) < 4.78 is 25.8. The Balaban J connectivity index is 2.23. The van der Waals surface area contributed by atoms with Gasteiger partial charge in [0.2, 0.25) is 0 Å². The van der Waals surface area contributed by atoms with Gasteiger partial charge in [-0.1, -0.05) is 13.8 Å². The molecule has 0 aliphatic heterocycles.